The zero-order chi connectivity index (χ0) is 22.8. The van der Waals surface area contributed by atoms with Gasteiger partial charge in [0.05, 0.1) is 0 Å². The Morgan fingerprint density at radius 2 is 1.97 bits per heavy atom. The summed E-state index contributed by atoms with van der Waals surface area (Å²) < 4.78 is 6.09. The van der Waals surface area contributed by atoms with Crippen LogP contribution in [-0.2, 0) is 6.42 Å². The van der Waals surface area contributed by atoms with E-state index in [-0.39, 0.29) is 11.9 Å². The van der Waals surface area contributed by atoms with E-state index in [9.17, 15) is 4.79 Å². The fourth-order valence-corrected chi connectivity index (χ4v) is 5.12. The number of rotatable bonds is 5. The summed E-state index contributed by atoms with van der Waals surface area (Å²) in [7, 11) is 2.13. The van der Waals surface area contributed by atoms with Gasteiger partial charge in [-0.25, -0.2) is 0 Å². The molecule has 0 spiro atoms. The van der Waals surface area contributed by atoms with E-state index in [4.69, 9.17) is 9.72 Å². The molecule has 1 aromatic carbocycles. The number of piperazine rings is 1. The summed E-state index contributed by atoms with van der Waals surface area (Å²) in [6.45, 7) is 7.22. The number of fused-ring (bicyclic) bond motifs is 1. The van der Waals surface area contributed by atoms with Gasteiger partial charge in [-0.3, -0.25) is 4.79 Å². The zero-order valence-corrected chi connectivity index (χ0v) is 19.7. The lowest BCUT2D eigenvalue weighted by Gasteiger charge is -2.35. The van der Waals surface area contributed by atoms with Crippen molar-refractivity contribution in [1.82, 2.24) is 20.2 Å². The Bertz CT molecular complexity index is 993. The predicted octanol–water partition coefficient (Wildman–Crippen LogP) is 2.34. The third-order valence-electron chi connectivity index (χ3n) is 7.17. The fraction of sp³-hybridized carbons (Fsp3) is 0.560. The van der Waals surface area contributed by atoms with E-state index in [2.05, 4.69) is 40.1 Å². The molecule has 0 bridgehead atoms. The Morgan fingerprint density at radius 3 is 2.76 bits per heavy atom. The van der Waals surface area contributed by atoms with Crippen LogP contribution in [0.4, 0.5) is 11.5 Å². The van der Waals surface area contributed by atoms with Crippen molar-refractivity contribution in [3.63, 3.8) is 0 Å². The van der Waals surface area contributed by atoms with Crippen molar-refractivity contribution in [3.05, 3.63) is 41.6 Å². The molecule has 1 amide bonds. The Morgan fingerprint density at radius 1 is 1.15 bits per heavy atom. The van der Waals surface area contributed by atoms with E-state index in [1.165, 1.54) is 12.0 Å². The molecular formula is C25H34N6O2. The molecule has 2 fully saturated rings. The topological polar surface area (TPSA) is 73.8 Å². The molecule has 5 rings (SSSR count). The van der Waals surface area contributed by atoms with Crippen molar-refractivity contribution < 1.29 is 9.53 Å². The van der Waals surface area contributed by atoms with Crippen molar-refractivity contribution in [2.24, 2.45) is 0 Å². The molecule has 8 heteroatoms. The van der Waals surface area contributed by atoms with E-state index >= 15 is 0 Å². The number of ether oxygens (including phenoxy) is 1. The summed E-state index contributed by atoms with van der Waals surface area (Å²) >= 11 is 0. The molecule has 1 aromatic heterocycles. The van der Waals surface area contributed by atoms with Crippen LogP contribution in [0.15, 0.2) is 30.3 Å². The van der Waals surface area contributed by atoms with Gasteiger partial charge in [-0.05, 0) is 57.8 Å². The van der Waals surface area contributed by atoms with E-state index < -0.39 is 0 Å². The maximum absolute atomic E-state index is 13.8. The van der Waals surface area contributed by atoms with Gasteiger partial charge in [0.2, 0.25) is 0 Å². The summed E-state index contributed by atoms with van der Waals surface area (Å²) in [5, 5.41) is 3.38. The molecule has 0 aliphatic carbocycles. The summed E-state index contributed by atoms with van der Waals surface area (Å²) in [4.78, 5) is 29.6. The van der Waals surface area contributed by atoms with E-state index in [1.54, 1.807) is 0 Å². The quantitative estimate of drug-likeness (QED) is 0.750. The highest BCUT2D eigenvalue weighted by Gasteiger charge is 2.31. The van der Waals surface area contributed by atoms with Crippen molar-refractivity contribution in [1.29, 1.82) is 0 Å². The predicted molar refractivity (Wildman–Crippen MR) is 129 cm³/mol. The summed E-state index contributed by atoms with van der Waals surface area (Å²) in [6, 6.07) is 10.8. The second kappa shape index (κ2) is 9.65. The molecule has 2 aromatic rings. The number of benzene rings is 1. The first kappa shape index (κ1) is 22.1. The van der Waals surface area contributed by atoms with Crippen molar-refractivity contribution in [3.8, 4) is 6.01 Å². The first-order valence-electron chi connectivity index (χ1n) is 12.2. The van der Waals surface area contributed by atoms with Crippen LogP contribution < -0.4 is 19.9 Å². The number of aromatic nitrogens is 2. The molecule has 2 atom stereocenters. The van der Waals surface area contributed by atoms with Crippen LogP contribution in [0.1, 0.15) is 42.2 Å². The third-order valence-corrected chi connectivity index (χ3v) is 7.17. The number of likely N-dealkylation sites (N-methyl/N-ethyl adjacent to an activating group) is 1. The monoisotopic (exact) mass is 450 g/mol. The minimum atomic E-state index is -0.0868. The van der Waals surface area contributed by atoms with Gasteiger partial charge in [0.15, 0.2) is 0 Å². The summed E-state index contributed by atoms with van der Waals surface area (Å²) in [5.41, 5.74) is 2.59. The second-order valence-electron chi connectivity index (χ2n) is 9.41. The van der Waals surface area contributed by atoms with Gasteiger partial charge in [-0.2, -0.15) is 9.97 Å². The molecule has 3 aliphatic rings. The number of amides is 1. The Kier molecular flexibility index (Phi) is 6.46. The Balaban J connectivity index is 1.45. The normalized spacial score (nSPS) is 23.5. The number of hydrogen-bond acceptors (Lipinski definition) is 7. The molecule has 1 unspecified atom stereocenters. The number of nitrogens with zero attached hydrogens (tertiary/aromatic N) is 5. The lowest BCUT2D eigenvalue weighted by molar-refractivity contribution is 0.0968. The van der Waals surface area contributed by atoms with Crippen LogP contribution in [0, 0.1) is 0 Å². The van der Waals surface area contributed by atoms with Gasteiger partial charge in [-0.1, -0.05) is 18.2 Å². The molecule has 176 valence electrons. The molecule has 4 heterocycles. The van der Waals surface area contributed by atoms with Crippen LogP contribution in [0.2, 0.25) is 0 Å². The van der Waals surface area contributed by atoms with Gasteiger partial charge in [-0.15, -0.1) is 0 Å². The van der Waals surface area contributed by atoms with Crippen molar-refractivity contribution in [2.45, 2.75) is 44.7 Å². The maximum Gasteiger partial charge on any atom is 0.319 e. The molecule has 1 N–H and O–H groups in total. The van der Waals surface area contributed by atoms with E-state index in [0.29, 0.717) is 24.4 Å². The molecule has 2 saturated heterocycles. The second-order valence-corrected chi connectivity index (χ2v) is 9.41. The van der Waals surface area contributed by atoms with Crippen LogP contribution in [0.25, 0.3) is 0 Å². The molecule has 0 radical (unpaired) electrons. The number of carbonyl (C=O) groups is 1. The Hall–Kier alpha value is -2.71. The van der Waals surface area contributed by atoms with Gasteiger partial charge >= 0.3 is 6.01 Å². The number of para-hydroxylation sites is 1. The van der Waals surface area contributed by atoms with Crippen LogP contribution in [0.5, 0.6) is 6.01 Å². The Labute approximate surface area is 195 Å². The number of hydrogen-bond donors (Lipinski definition) is 1. The lowest BCUT2D eigenvalue weighted by Crippen LogP contribution is -2.44. The number of nitrogens with one attached hydrogen (secondary N) is 1. The number of carbonyl (C=O) groups excluding carboxylic acids is 1. The maximum atomic E-state index is 13.8. The smallest absolute Gasteiger partial charge is 0.319 e. The van der Waals surface area contributed by atoms with Gasteiger partial charge < -0.3 is 24.8 Å². The molecule has 0 saturated carbocycles. The average Bonchev–Trinajstić information content (AvgIpc) is 3.27. The highest BCUT2D eigenvalue weighted by Crippen LogP contribution is 2.32. The fourth-order valence-electron chi connectivity index (χ4n) is 5.12. The largest absolute Gasteiger partial charge is 0.462 e. The number of aryl methyl sites for hydroxylation is 1. The summed E-state index contributed by atoms with van der Waals surface area (Å²) in [5.74, 6) is 0.679. The van der Waals surface area contributed by atoms with Crippen LogP contribution >= 0.6 is 0 Å². The molecule has 8 nitrogen and oxygen atoms in total. The minimum absolute atomic E-state index is 0.0868. The molecule has 3 aliphatic heterocycles. The van der Waals surface area contributed by atoms with Crippen LogP contribution in [0.3, 0.4) is 0 Å². The SMILES string of the molecule is CC1CCc2ccccc2N1C(=O)c1cc(N2CCNCC2)nc(OC[C@@H]2CCCN2C)n1. The molecule has 33 heavy (non-hydrogen) atoms. The highest BCUT2D eigenvalue weighted by molar-refractivity contribution is 6.06. The standard InChI is InChI=1S/C25H34N6O2/c1-18-9-10-19-6-3-4-8-22(19)31(18)24(32)21-16-23(30-14-11-26-12-15-30)28-25(27-21)33-17-20-7-5-13-29(20)2/h3-4,6,8,16,18,20,26H,5,7,9-15,17H2,1-2H3/t18?,20-/m0/s1. The summed E-state index contributed by atoms with van der Waals surface area (Å²) in [6.07, 6.45) is 4.22. The first-order valence-corrected chi connectivity index (χ1v) is 12.2. The lowest BCUT2D eigenvalue weighted by atomic mass is 9.96. The number of anilines is 2. The van der Waals surface area contributed by atoms with Crippen molar-refractivity contribution >= 4 is 17.4 Å². The van der Waals surface area contributed by atoms with Crippen LogP contribution in [-0.4, -0.2) is 79.2 Å². The third kappa shape index (κ3) is 4.68. The van der Waals surface area contributed by atoms with Gasteiger partial charge in [0.1, 0.15) is 18.1 Å². The average molecular weight is 451 g/mol. The van der Waals surface area contributed by atoms with E-state index in [1.807, 2.05) is 29.2 Å². The zero-order valence-electron chi connectivity index (χ0n) is 19.7. The van der Waals surface area contributed by atoms with E-state index in [0.717, 1.165) is 63.5 Å². The van der Waals surface area contributed by atoms with Gasteiger partial charge in [0, 0.05) is 50.0 Å². The first-order chi connectivity index (χ1) is 16.1. The van der Waals surface area contributed by atoms with Crippen molar-refractivity contribution in [2.75, 3.05) is 56.2 Å². The highest BCUT2D eigenvalue weighted by atomic mass is 16.5. The van der Waals surface area contributed by atoms with Gasteiger partial charge in [0.25, 0.3) is 5.91 Å². The molecular weight excluding hydrogens is 416 g/mol. The number of likely N-dealkylation sites (tertiary alicyclic amines) is 1. The minimum Gasteiger partial charge on any atom is -0.462 e.